The summed E-state index contributed by atoms with van der Waals surface area (Å²) in [6.07, 6.45) is 6.15. The zero-order chi connectivity index (χ0) is 13.9. The number of hydrogen-bond donors (Lipinski definition) is 0. The van der Waals surface area contributed by atoms with Crippen LogP contribution >= 0.6 is 15.9 Å². The van der Waals surface area contributed by atoms with E-state index in [9.17, 15) is 8.42 Å². The van der Waals surface area contributed by atoms with Crippen LogP contribution in [0, 0.1) is 0 Å². The van der Waals surface area contributed by atoms with Gasteiger partial charge in [-0.2, -0.15) is 4.31 Å². The number of nitrogens with zero attached hydrogens (tertiary/aromatic N) is 3. The van der Waals surface area contributed by atoms with E-state index in [1.165, 1.54) is 23.6 Å². The Balaban J connectivity index is 2.25. The average molecular weight is 342 g/mol. The number of rotatable bonds is 4. The molecule has 0 N–H and O–H groups in total. The summed E-state index contributed by atoms with van der Waals surface area (Å²) in [6.45, 7) is 0.289. The molecule has 2 aromatic rings. The first-order chi connectivity index (χ1) is 9.00. The van der Waals surface area contributed by atoms with Gasteiger partial charge in [-0.1, -0.05) is 0 Å². The van der Waals surface area contributed by atoms with E-state index in [0.717, 1.165) is 5.56 Å². The molecule has 0 aliphatic carbocycles. The standard InChI is InChI=1S/C12H12BrN3O2S/c1-16(9-10-2-4-14-5-3-10)19(17,18)12-6-11(13)7-15-8-12/h2-8H,9H2,1H3. The molecule has 0 aliphatic rings. The largest absolute Gasteiger partial charge is 0.265 e. The molecule has 0 unspecified atom stereocenters. The molecule has 2 rings (SSSR count). The SMILES string of the molecule is CN(Cc1ccncc1)S(=O)(=O)c1cncc(Br)c1. The molecular weight excluding hydrogens is 330 g/mol. The van der Waals surface area contributed by atoms with Crippen LogP contribution in [0.4, 0.5) is 0 Å². The summed E-state index contributed by atoms with van der Waals surface area (Å²) in [5.41, 5.74) is 0.879. The van der Waals surface area contributed by atoms with Gasteiger partial charge < -0.3 is 0 Å². The van der Waals surface area contributed by atoms with Gasteiger partial charge in [0.1, 0.15) is 4.90 Å². The second kappa shape index (κ2) is 5.77. The molecule has 7 heteroatoms. The van der Waals surface area contributed by atoms with Crippen molar-refractivity contribution in [2.75, 3.05) is 7.05 Å². The molecule has 5 nitrogen and oxygen atoms in total. The summed E-state index contributed by atoms with van der Waals surface area (Å²) in [7, 11) is -2.00. The summed E-state index contributed by atoms with van der Waals surface area (Å²) in [4.78, 5) is 7.94. The summed E-state index contributed by atoms with van der Waals surface area (Å²) in [5.74, 6) is 0. The smallest absolute Gasteiger partial charge is 0.244 e. The van der Waals surface area contributed by atoms with Gasteiger partial charge in [0, 0.05) is 42.9 Å². The van der Waals surface area contributed by atoms with Crippen molar-refractivity contribution in [1.29, 1.82) is 0 Å². The van der Waals surface area contributed by atoms with Crippen molar-refractivity contribution in [3.63, 3.8) is 0 Å². The fourth-order valence-electron chi connectivity index (χ4n) is 1.54. The minimum absolute atomic E-state index is 0.165. The molecule has 2 heterocycles. The minimum atomic E-state index is -3.54. The van der Waals surface area contributed by atoms with Crippen LogP contribution in [-0.2, 0) is 16.6 Å². The highest BCUT2D eigenvalue weighted by Gasteiger charge is 2.21. The van der Waals surface area contributed by atoms with Crippen molar-refractivity contribution in [3.05, 3.63) is 53.0 Å². The van der Waals surface area contributed by atoms with Crippen LogP contribution in [0.25, 0.3) is 0 Å². The molecule has 0 spiro atoms. The Hall–Kier alpha value is -1.31. The van der Waals surface area contributed by atoms with Crippen LogP contribution in [0.1, 0.15) is 5.56 Å². The Morgan fingerprint density at radius 1 is 1.21 bits per heavy atom. The third-order valence-corrected chi connectivity index (χ3v) is 4.74. The van der Waals surface area contributed by atoms with Gasteiger partial charge in [0.15, 0.2) is 0 Å². The lowest BCUT2D eigenvalue weighted by molar-refractivity contribution is 0.466. The van der Waals surface area contributed by atoms with E-state index < -0.39 is 10.0 Å². The first-order valence-corrected chi connectivity index (χ1v) is 7.69. The number of sulfonamides is 1. The predicted molar refractivity (Wildman–Crippen MR) is 74.8 cm³/mol. The van der Waals surface area contributed by atoms with Crippen LogP contribution < -0.4 is 0 Å². The van der Waals surface area contributed by atoms with Crippen molar-refractivity contribution in [1.82, 2.24) is 14.3 Å². The van der Waals surface area contributed by atoms with Crippen LogP contribution in [0.15, 0.2) is 52.4 Å². The molecule has 100 valence electrons. The van der Waals surface area contributed by atoms with Crippen LogP contribution in [0.3, 0.4) is 0 Å². The van der Waals surface area contributed by atoms with E-state index in [1.807, 2.05) is 0 Å². The van der Waals surface area contributed by atoms with Crippen LogP contribution in [-0.4, -0.2) is 29.7 Å². The summed E-state index contributed by atoms with van der Waals surface area (Å²) in [6, 6.07) is 5.10. The predicted octanol–water partition coefficient (Wildman–Crippen LogP) is 2.06. The summed E-state index contributed by atoms with van der Waals surface area (Å²) < 4.78 is 26.6. The Labute approximate surface area is 120 Å². The first kappa shape index (κ1) is 14.1. The third kappa shape index (κ3) is 3.37. The Bertz CT molecular complexity index is 662. The van der Waals surface area contributed by atoms with E-state index in [-0.39, 0.29) is 11.4 Å². The minimum Gasteiger partial charge on any atom is -0.265 e. The second-order valence-corrected chi connectivity index (χ2v) is 6.92. The van der Waals surface area contributed by atoms with Gasteiger partial charge in [0.2, 0.25) is 10.0 Å². The van der Waals surface area contributed by atoms with Crippen LogP contribution in [0.5, 0.6) is 0 Å². The molecule has 0 radical (unpaired) electrons. The maximum absolute atomic E-state index is 12.3. The lowest BCUT2D eigenvalue weighted by atomic mass is 10.3. The Kier molecular flexibility index (Phi) is 4.28. The second-order valence-electron chi connectivity index (χ2n) is 3.96. The molecule has 2 aromatic heterocycles. The zero-order valence-electron chi connectivity index (χ0n) is 10.2. The number of pyridine rings is 2. The number of aromatic nitrogens is 2. The van der Waals surface area contributed by atoms with Gasteiger partial charge in [0.05, 0.1) is 0 Å². The highest BCUT2D eigenvalue weighted by Crippen LogP contribution is 2.19. The van der Waals surface area contributed by atoms with Gasteiger partial charge in [-0.25, -0.2) is 8.42 Å². The van der Waals surface area contributed by atoms with Crippen molar-refractivity contribution in [3.8, 4) is 0 Å². The molecule has 0 saturated carbocycles. The van der Waals surface area contributed by atoms with Gasteiger partial charge in [-0.15, -0.1) is 0 Å². The molecule has 0 aliphatic heterocycles. The molecule has 0 bridgehead atoms. The maximum atomic E-state index is 12.3. The normalized spacial score (nSPS) is 11.7. The lowest BCUT2D eigenvalue weighted by Gasteiger charge is -2.17. The highest BCUT2D eigenvalue weighted by molar-refractivity contribution is 9.10. The summed E-state index contributed by atoms with van der Waals surface area (Å²) >= 11 is 3.22. The van der Waals surface area contributed by atoms with Crippen molar-refractivity contribution >= 4 is 26.0 Å². The van der Waals surface area contributed by atoms with Crippen molar-refractivity contribution < 1.29 is 8.42 Å². The maximum Gasteiger partial charge on any atom is 0.244 e. The fourth-order valence-corrected chi connectivity index (χ4v) is 3.21. The van der Waals surface area contributed by atoms with Crippen LogP contribution in [0.2, 0.25) is 0 Å². The van der Waals surface area contributed by atoms with Gasteiger partial charge >= 0.3 is 0 Å². The Morgan fingerprint density at radius 2 is 1.89 bits per heavy atom. The van der Waals surface area contributed by atoms with E-state index in [4.69, 9.17) is 0 Å². The molecule has 0 amide bonds. The Morgan fingerprint density at radius 3 is 2.53 bits per heavy atom. The molecule has 0 aromatic carbocycles. The average Bonchev–Trinajstić information content (AvgIpc) is 2.40. The zero-order valence-corrected chi connectivity index (χ0v) is 12.6. The fraction of sp³-hybridized carbons (Fsp3) is 0.167. The van der Waals surface area contributed by atoms with Crippen molar-refractivity contribution in [2.24, 2.45) is 0 Å². The van der Waals surface area contributed by atoms with Gasteiger partial charge in [0.25, 0.3) is 0 Å². The molecule has 0 saturated heterocycles. The molecular formula is C12H12BrN3O2S. The quantitative estimate of drug-likeness (QED) is 0.853. The molecule has 19 heavy (non-hydrogen) atoms. The highest BCUT2D eigenvalue weighted by atomic mass is 79.9. The summed E-state index contributed by atoms with van der Waals surface area (Å²) in [5, 5.41) is 0. The van der Waals surface area contributed by atoms with E-state index >= 15 is 0 Å². The van der Waals surface area contributed by atoms with E-state index in [1.54, 1.807) is 30.7 Å². The van der Waals surface area contributed by atoms with E-state index in [2.05, 4.69) is 25.9 Å². The van der Waals surface area contributed by atoms with E-state index in [0.29, 0.717) is 4.47 Å². The van der Waals surface area contributed by atoms with Gasteiger partial charge in [-0.3, -0.25) is 9.97 Å². The van der Waals surface area contributed by atoms with Gasteiger partial charge in [-0.05, 0) is 39.7 Å². The van der Waals surface area contributed by atoms with Crippen molar-refractivity contribution in [2.45, 2.75) is 11.4 Å². The topological polar surface area (TPSA) is 63.2 Å². The first-order valence-electron chi connectivity index (χ1n) is 5.46. The number of halogens is 1. The number of hydrogen-bond acceptors (Lipinski definition) is 4. The molecule has 0 atom stereocenters. The third-order valence-electron chi connectivity index (χ3n) is 2.54. The monoisotopic (exact) mass is 341 g/mol. The lowest BCUT2D eigenvalue weighted by Crippen LogP contribution is -2.26. The molecule has 0 fully saturated rings.